The summed E-state index contributed by atoms with van der Waals surface area (Å²) in [7, 11) is 0. The number of pyridine rings is 1. The Kier molecular flexibility index (Phi) is 4.27. The number of hydrogen-bond donors (Lipinski definition) is 2. The van der Waals surface area contributed by atoms with E-state index in [0.717, 1.165) is 69.2 Å². The standard InChI is InChI=1S/C17H22N6O/c24-17(16-14-11-18-6-4-15(14)20-21-16)23-9-7-22(8-10-23)12-13-3-1-2-5-19-13/h1-3,5,18H,4,6-12H2,(H,20,21). The number of rotatable bonds is 3. The lowest BCUT2D eigenvalue weighted by Crippen LogP contribution is -2.48. The summed E-state index contributed by atoms with van der Waals surface area (Å²) >= 11 is 0. The van der Waals surface area contributed by atoms with Crippen LogP contribution >= 0.6 is 0 Å². The Morgan fingerprint density at radius 3 is 2.88 bits per heavy atom. The third kappa shape index (κ3) is 3.05. The summed E-state index contributed by atoms with van der Waals surface area (Å²) in [5.41, 5.74) is 3.81. The van der Waals surface area contributed by atoms with Crippen molar-refractivity contribution >= 4 is 5.91 Å². The van der Waals surface area contributed by atoms with Crippen LogP contribution in [0.1, 0.15) is 27.4 Å². The third-order valence-corrected chi connectivity index (χ3v) is 4.78. The number of carbonyl (C=O) groups excluding carboxylic acids is 1. The highest BCUT2D eigenvalue weighted by atomic mass is 16.2. The molecule has 2 aliphatic rings. The number of H-pyrrole nitrogens is 1. The van der Waals surface area contributed by atoms with E-state index in [1.807, 2.05) is 29.3 Å². The van der Waals surface area contributed by atoms with Gasteiger partial charge in [0.15, 0.2) is 5.69 Å². The van der Waals surface area contributed by atoms with Gasteiger partial charge in [-0.1, -0.05) is 6.07 Å². The van der Waals surface area contributed by atoms with Gasteiger partial charge in [0.2, 0.25) is 0 Å². The van der Waals surface area contributed by atoms with Crippen LogP contribution in [-0.2, 0) is 19.5 Å². The Bertz CT molecular complexity index is 705. The average Bonchev–Trinajstić information content (AvgIpc) is 3.07. The van der Waals surface area contributed by atoms with Gasteiger partial charge in [-0.3, -0.25) is 19.8 Å². The largest absolute Gasteiger partial charge is 0.335 e. The molecule has 2 aliphatic heterocycles. The van der Waals surface area contributed by atoms with E-state index in [1.54, 1.807) is 0 Å². The van der Waals surface area contributed by atoms with E-state index in [9.17, 15) is 4.79 Å². The van der Waals surface area contributed by atoms with Crippen LogP contribution in [0.3, 0.4) is 0 Å². The van der Waals surface area contributed by atoms with Crippen LogP contribution in [0.25, 0.3) is 0 Å². The number of aromatic nitrogens is 3. The van der Waals surface area contributed by atoms with E-state index in [4.69, 9.17) is 0 Å². The molecule has 0 spiro atoms. The number of nitrogens with zero attached hydrogens (tertiary/aromatic N) is 4. The summed E-state index contributed by atoms with van der Waals surface area (Å²) in [5.74, 6) is 0.0497. The van der Waals surface area contributed by atoms with Gasteiger partial charge in [-0.2, -0.15) is 5.10 Å². The molecule has 1 fully saturated rings. The van der Waals surface area contributed by atoms with Gasteiger partial charge in [-0.05, 0) is 12.1 Å². The van der Waals surface area contributed by atoms with Gasteiger partial charge in [0.05, 0.1) is 5.69 Å². The third-order valence-electron chi connectivity index (χ3n) is 4.78. The van der Waals surface area contributed by atoms with E-state index in [-0.39, 0.29) is 5.91 Å². The van der Waals surface area contributed by atoms with Crippen molar-refractivity contribution in [3.8, 4) is 0 Å². The Morgan fingerprint density at radius 1 is 1.21 bits per heavy atom. The van der Waals surface area contributed by atoms with Crippen molar-refractivity contribution in [1.29, 1.82) is 0 Å². The van der Waals surface area contributed by atoms with E-state index in [2.05, 4.69) is 25.4 Å². The molecule has 0 radical (unpaired) electrons. The zero-order chi connectivity index (χ0) is 16.4. The molecule has 1 amide bonds. The molecule has 0 bridgehead atoms. The van der Waals surface area contributed by atoms with Gasteiger partial charge < -0.3 is 10.2 Å². The monoisotopic (exact) mass is 326 g/mol. The molecule has 7 heteroatoms. The van der Waals surface area contributed by atoms with Gasteiger partial charge in [-0.25, -0.2) is 0 Å². The van der Waals surface area contributed by atoms with Crippen molar-refractivity contribution in [3.05, 3.63) is 47.0 Å². The maximum atomic E-state index is 12.8. The lowest BCUT2D eigenvalue weighted by atomic mass is 10.1. The number of aromatic amines is 1. The molecular weight excluding hydrogens is 304 g/mol. The minimum atomic E-state index is 0.0497. The predicted octanol–water partition coefficient (Wildman–Crippen LogP) is 0.408. The zero-order valence-corrected chi connectivity index (χ0v) is 13.7. The van der Waals surface area contributed by atoms with Crippen molar-refractivity contribution in [2.75, 3.05) is 32.7 Å². The van der Waals surface area contributed by atoms with Crippen molar-refractivity contribution in [2.45, 2.75) is 19.5 Å². The van der Waals surface area contributed by atoms with Gasteiger partial charge in [0.1, 0.15) is 0 Å². The first kappa shape index (κ1) is 15.3. The number of amides is 1. The van der Waals surface area contributed by atoms with Crippen molar-refractivity contribution < 1.29 is 4.79 Å². The van der Waals surface area contributed by atoms with Crippen molar-refractivity contribution in [1.82, 2.24) is 30.3 Å². The first-order valence-electron chi connectivity index (χ1n) is 8.49. The fourth-order valence-corrected chi connectivity index (χ4v) is 3.38. The van der Waals surface area contributed by atoms with Crippen molar-refractivity contribution in [2.24, 2.45) is 0 Å². The maximum Gasteiger partial charge on any atom is 0.274 e. The summed E-state index contributed by atoms with van der Waals surface area (Å²) < 4.78 is 0. The van der Waals surface area contributed by atoms with E-state index >= 15 is 0 Å². The minimum absolute atomic E-state index is 0.0497. The number of nitrogens with one attached hydrogen (secondary N) is 2. The van der Waals surface area contributed by atoms with Gasteiger partial charge in [0.25, 0.3) is 5.91 Å². The Balaban J connectivity index is 1.37. The maximum absolute atomic E-state index is 12.8. The fourth-order valence-electron chi connectivity index (χ4n) is 3.38. The summed E-state index contributed by atoms with van der Waals surface area (Å²) in [4.78, 5) is 21.4. The predicted molar refractivity (Wildman–Crippen MR) is 89.4 cm³/mol. The summed E-state index contributed by atoms with van der Waals surface area (Å²) in [6.45, 7) is 5.72. The summed E-state index contributed by atoms with van der Waals surface area (Å²) in [6, 6.07) is 5.98. The van der Waals surface area contributed by atoms with E-state index in [0.29, 0.717) is 5.69 Å². The highest BCUT2D eigenvalue weighted by molar-refractivity contribution is 5.94. The Hall–Kier alpha value is -2.25. The summed E-state index contributed by atoms with van der Waals surface area (Å²) in [5, 5.41) is 10.6. The van der Waals surface area contributed by atoms with E-state index < -0.39 is 0 Å². The molecule has 2 aromatic heterocycles. The summed E-state index contributed by atoms with van der Waals surface area (Å²) in [6.07, 6.45) is 2.73. The molecule has 2 aromatic rings. The molecule has 2 N–H and O–H groups in total. The molecule has 1 saturated heterocycles. The number of hydrogen-bond acceptors (Lipinski definition) is 5. The molecule has 4 heterocycles. The molecule has 24 heavy (non-hydrogen) atoms. The first-order valence-corrected chi connectivity index (χ1v) is 8.49. The quantitative estimate of drug-likeness (QED) is 0.854. The normalized spacial score (nSPS) is 18.4. The zero-order valence-electron chi connectivity index (χ0n) is 13.7. The van der Waals surface area contributed by atoms with Gasteiger partial charge >= 0.3 is 0 Å². The van der Waals surface area contributed by atoms with Crippen LogP contribution in [0.4, 0.5) is 0 Å². The lowest BCUT2D eigenvalue weighted by molar-refractivity contribution is 0.0620. The molecule has 0 atom stereocenters. The van der Waals surface area contributed by atoms with Crippen LogP contribution in [-0.4, -0.2) is 63.6 Å². The number of carbonyl (C=O) groups is 1. The van der Waals surface area contributed by atoms with Crippen LogP contribution in [0, 0.1) is 0 Å². The Morgan fingerprint density at radius 2 is 2.08 bits per heavy atom. The van der Waals surface area contributed by atoms with Crippen LogP contribution in [0.2, 0.25) is 0 Å². The number of fused-ring (bicyclic) bond motifs is 1. The molecule has 0 aliphatic carbocycles. The molecule has 0 unspecified atom stereocenters. The van der Waals surface area contributed by atoms with Crippen LogP contribution in [0.5, 0.6) is 0 Å². The molecule has 0 saturated carbocycles. The lowest BCUT2D eigenvalue weighted by Gasteiger charge is -2.34. The molecule has 4 rings (SSSR count). The number of piperazine rings is 1. The highest BCUT2D eigenvalue weighted by Gasteiger charge is 2.28. The second kappa shape index (κ2) is 6.70. The van der Waals surface area contributed by atoms with E-state index in [1.165, 1.54) is 0 Å². The van der Waals surface area contributed by atoms with Gasteiger partial charge in [0, 0.05) is 69.7 Å². The Labute approximate surface area is 141 Å². The second-order valence-electron chi connectivity index (χ2n) is 6.35. The average molecular weight is 326 g/mol. The molecule has 7 nitrogen and oxygen atoms in total. The second-order valence-corrected chi connectivity index (χ2v) is 6.35. The topological polar surface area (TPSA) is 77.2 Å². The molecular formula is C17H22N6O. The minimum Gasteiger partial charge on any atom is -0.335 e. The smallest absolute Gasteiger partial charge is 0.274 e. The van der Waals surface area contributed by atoms with Gasteiger partial charge in [-0.15, -0.1) is 0 Å². The molecule has 0 aromatic carbocycles. The molecule has 126 valence electrons. The van der Waals surface area contributed by atoms with Crippen molar-refractivity contribution in [3.63, 3.8) is 0 Å². The van der Waals surface area contributed by atoms with Crippen LogP contribution < -0.4 is 5.32 Å². The first-order chi connectivity index (χ1) is 11.8. The fraction of sp³-hybridized carbons (Fsp3) is 0.471. The van der Waals surface area contributed by atoms with Crippen LogP contribution in [0.15, 0.2) is 24.4 Å². The highest BCUT2D eigenvalue weighted by Crippen LogP contribution is 2.18. The SMILES string of the molecule is O=C(c1n[nH]c2c1CNCC2)N1CCN(Cc2ccccn2)CC1.